The maximum Gasteiger partial charge on any atom is 0.241 e. The van der Waals surface area contributed by atoms with Gasteiger partial charge in [-0.25, -0.2) is 8.42 Å². The number of anilines is 1. The van der Waals surface area contributed by atoms with Crippen molar-refractivity contribution < 1.29 is 13.2 Å². The van der Waals surface area contributed by atoms with Gasteiger partial charge in [-0.1, -0.05) is 19.9 Å². The molecular weight excluding hydrogens is 290 g/mol. The fraction of sp³-hybridized carbons (Fsp3) is 0.500. The lowest BCUT2D eigenvalue weighted by molar-refractivity contribution is -0.122. The summed E-state index contributed by atoms with van der Waals surface area (Å²) in [6, 6.07) is 3.81. The second-order valence-corrected chi connectivity index (χ2v) is 7.13. The predicted octanol–water partition coefficient (Wildman–Crippen LogP) is 1.02. The fourth-order valence-corrected chi connectivity index (χ4v) is 3.21. The molecule has 0 saturated heterocycles. The molecule has 1 unspecified atom stereocenters. The van der Waals surface area contributed by atoms with E-state index in [1.807, 2.05) is 13.8 Å². The minimum atomic E-state index is -3.79. The van der Waals surface area contributed by atoms with Gasteiger partial charge in [0.05, 0.1) is 10.9 Å². The van der Waals surface area contributed by atoms with Crippen LogP contribution >= 0.6 is 0 Å². The molecule has 21 heavy (non-hydrogen) atoms. The molecule has 0 bridgehead atoms. The van der Waals surface area contributed by atoms with E-state index in [9.17, 15) is 13.2 Å². The Morgan fingerprint density at radius 2 is 1.90 bits per heavy atom. The van der Waals surface area contributed by atoms with Crippen LogP contribution in [-0.2, 0) is 14.8 Å². The van der Waals surface area contributed by atoms with Gasteiger partial charge in [0.1, 0.15) is 0 Å². The zero-order chi connectivity index (χ0) is 16.2. The highest BCUT2D eigenvalue weighted by atomic mass is 32.2. The summed E-state index contributed by atoms with van der Waals surface area (Å²) in [6.07, 6.45) is 0. The maximum absolute atomic E-state index is 12.3. The van der Waals surface area contributed by atoms with Crippen LogP contribution in [0.25, 0.3) is 0 Å². The first-order chi connectivity index (χ1) is 9.65. The van der Waals surface area contributed by atoms with Crippen LogP contribution in [0.5, 0.6) is 0 Å². The van der Waals surface area contributed by atoms with E-state index in [4.69, 9.17) is 5.73 Å². The molecule has 7 heteroatoms. The van der Waals surface area contributed by atoms with Crippen molar-refractivity contribution in [1.82, 2.24) is 10.0 Å². The Balaban J connectivity index is 2.85. The summed E-state index contributed by atoms with van der Waals surface area (Å²) in [7, 11) is -3.79. The Kier molecular flexibility index (Phi) is 5.74. The van der Waals surface area contributed by atoms with Gasteiger partial charge in [-0.15, -0.1) is 0 Å². The van der Waals surface area contributed by atoms with Crippen molar-refractivity contribution in [3.63, 3.8) is 0 Å². The Hall–Kier alpha value is -1.60. The topological polar surface area (TPSA) is 101 Å². The van der Waals surface area contributed by atoms with E-state index in [1.165, 1.54) is 13.0 Å². The second kappa shape index (κ2) is 6.91. The predicted molar refractivity (Wildman–Crippen MR) is 83.2 cm³/mol. The van der Waals surface area contributed by atoms with Crippen LogP contribution in [0.15, 0.2) is 23.1 Å². The SMILES string of the molecule is Cc1c(N)cccc1S(=O)(=O)NC(C)C(=O)NCC(C)C. The van der Waals surface area contributed by atoms with Crippen LogP contribution in [0.1, 0.15) is 26.3 Å². The minimum absolute atomic E-state index is 0.0889. The Bertz CT molecular complexity index is 612. The molecule has 0 radical (unpaired) electrons. The third-order valence-electron chi connectivity index (χ3n) is 3.03. The van der Waals surface area contributed by atoms with Crippen LogP contribution in [0, 0.1) is 12.8 Å². The molecule has 0 aromatic heterocycles. The Morgan fingerprint density at radius 1 is 1.29 bits per heavy atom. The van der Waals surface area contributed by atoms with Gasteiger partial charge in [-0.2, -0.15) is 4.72 Å². The molecule has 0 saturated carbocycles. The summed E-state index contributed by atoms with van der Waals surface area (Å²) in [5, 5.41) is 2.69. The molecule has 0 aliphatic heterocycles. The summed E-state index contributed by atoms with van der Waals surface area (Å²) in [5.41, 5.74) is 6.59. The molecule has 1 aromatic carbocycles. The number of sulfonamides is 1. The average molecular weight is 313 g/mol. The zero-order valence-corrected chi connectivity index (χ0v) is 13.6. The molecule has 0 heterocycles. The smallest absolute Gasteiger partial charge is 0.241 e. The fourth-order valence-electron chi connectivity index (χ4n) is 1.73. The standard InChI is InChI=1S/C14H23N3O3S/c1-9(2)8-16-14(18)11(4)17-21(19,20)13-7-5-6-12(15)10(13)3/h5-7,9,11,17H,8,15H2,1-4H3,(H,16,18). The summed E-state index contributed by atoms with van der Waals surface area (Å²) in [6.45, 7) is 7.57. The average Bonchev–Trinajstić information content (AvgIpc) is 2.38. The monoisotopic (exact) mass is 313 g/mol. The van der Waals surface area contributed by atoms with Crippen LogP contribution in [0.3, 0.4) is 0 Å². The van der Waals surface area contributed by atoms with E-state index < -0.39 is 16.1 Å². The number of hydrogen-bond donors (Lipinski definition) is 3. The van der Waals surface area contributed by atoms with Crippen molar-refractivity contribution in [1.29, 1.82) is 0 Å². The molecule has 1 aromatic rings. The first-order valence-corrected chi connectivity index (χ1v) is 8.28. The van der Waals surface area contributed by atoms with E-state index in [1.54, 1.807) is 19.1 Å². The zero-order valence-electron chi connectivity index (χ0n) is 12.8. The van der Waals surface area contributed by atoms with Crippen molar-refractivity contribution in [2.75, 3.05) is 12.3 Å². The number of nitrogens with one attached hydrogen (secondary N) is 2. The molecule has 1 rings (SSSR count). The van der Waals surface area contributed by atoms with Gasteiger partial charge in [0.25, 0.3) is 0 Å². The van der Waals surface area contributed by atoms with E-state index >= 15 is 0 Å². The normalized spacial score (nSPS) is 13.2. The molecule has 118 valence electrons. The summed E-state index contributed by atoms with van der Waals surface area (Å²) in [5.74, 6) is -0.0530. The van der Waals surface area contributed by atoms with Gasteiger partial charge in [-0.05, 0) is 37.5 Å². The number of amides is 1. The maximum atomic E-state index is 12.3. The summed E-state index contributed by atoms with van der Waals surface area (Å²) >= 11 is 0. The van der Waals surface area contributed by atoms with Crippen LogP contribution in [0.4, 0.5) is 5.69 Å². The second-order valence-electron chi connectivity index (χ2n) is 5.45. The minimum Gasteiger partial charge on any atom is -0.398 e. The molecule has 1 atom stereocenters. The number of benzene rings is 1. The highest BCUT2D eigenvalue weighted by Crippen LogP contribution is 2.20. The lowest BCUT2D eigenvalue weighted by Gasteiger charge is -2.16. The number of nitrogens with two attached hydrogens (primary N) is 1. The Morgan fingerprint density at radius 3 is 2.48 bits per heavy atom. The number of carbonyl (C=O) groups excluding carboxylic acids is 1. The van der Waals surface area contributed by atoms with Crippen LogP contribution in [-0.4, -0.2) is 26.9 Å². The van der Waals surface area contributed by atoms with Crippen molar-refractivity contribution in [2.24, 2.45) is 5.92 Å². The van der Waals surface area contributed by atoms with E-state index in [2.05, 4.69) is 10.0 Å². The van der Waals surface area contributed by atoms with Crippen molar-refractivity contribution in [3.05, 3.63) is 23.8 Å². The van der Waals surface area contributed by atoms with E-state index in [-0.39, 0.29) is 10.8 Å². The third-order valence-corrected chi connectivity index (χ3v) is 4.71. The Labute approximate surface area is 126 Å². The van der Waals surface area contributed by atoms with Crippen LogP contribution in [0.2, 0.25) is 0 Å². The van der Waals surface area contributed by atoms with Gasteiger partial charge in [0, 0.05) is 12.2 Å². The molecular formula is C14H23N3O3S. The molecule has 0 aliphatic carbocycles. The number of hydrogen-bond acceptors (Lipinski definition) is 4. The molecule has 6 nitrogen and oxygen atoms in total. The van der Waals surface area contributed by atoms with Gasteiger partial charge in [0.15, 0.2) is 0 Å². The highest BCUT2D eigenvalue weighted by Gasteiger charge is 2.23. The lowest BCUT2D eigenvalue weighted by Crippen LogP contribution is -2.45. The lowest BCUT2D eigenvalue weighted by atomic mass is 10.2. The molecule has 0 fully saturated rings. The quantitative estimate of drug-likeness (QED) is 0.682. The van der Waals surface area contributed by atoms with Gasteiger partial charge < -0.3 is 11.1 Å². The number of nitrogen functional groups attached to an aromatic ring is 1. The molecule has 4 N–H and O–H groups in total. The van der Waals surface area contributed by atoms with Crippen molar-refractivity contribution >= 4 is 21.6 Å². The first kappa shape index (κ1) is 17.5. The number of carbonyl (C=O) groups is 1. The molecule has 0 spiro atoms. The molecule has 1 amide bonds. The number of rotatable bonds is 6. The van der Waals surface area contributed by atoms with Crippen molar-refractivity contribution in [3.8, 4) is 0 Å². The van der Waals surface area contributed by atoms with Gasteiger partial charge >= 0.3 is 0 Å². The first-order valence-electron chi connectivity index (χ1n) is 6.80. The third kappa shape index (κ3) is 4.71. The largest absolute Gasteiger partial charge is 0.398 e. The van der Waals surface area contributed by atoms with Gasteiger partial charge in [0.2, 0.25) is 15.9 Å². The highest BCUT2D eigenvalue weighted by molar-refractivity contribution is 7.89. The van der Waals surface area contributed by atoms with Gasteiger partial charge in [-0.3, -0.25) is 4.79 Å². The molecule has 0 aliphatic rings. The van der Waals surface area contributed by atoms with E-state index in [0.717, 1.165) is 0 Å². The van der Waals surface area contributed by atoms with Crippen LogP contribution < -0.4 is 15.8 Å². The van der Waals surface area contributed by atoms with E-state index in [0.29, 0.717) is 23.7 Å². The summed E-state index contributed by atoms with van der Waals surface area (Å²) < 4.78 is 27.0. The summed E-state index contributed by atoms with van der Waals surface area (Å²) in [4.78, 5) is 11.9. The van der Waals surface area contributed by atoms with Crippen molar-refractivity contribution in [2.45, 2.75) is 38.6 Å².